The van der Waals surface area contributed by atoms with E-state index >= 15 is 0 Å². The van der Waals surface area contributed by atoms with Crippen molar-refractivity contribution in [1.29, 1.82) is 0 Å². The smallest absolute Gasteiger partial charge is 0.220 e. The van der Waals surface area contributed by atoms with Gasteiger partial charge in [0, 0.05) is 19.5 Å². The average Bonchev–Trinajstić information content (AvgIpc) is 3.27. The normalized spacial score (nSPS) is 22.2. The SMILES string of the molecule is Cc1ccc(C2NOC(CCC(=O)NCC3CCN(Cc4cccc(C)c4)CC3)N2)cc1. The van der Waals surface area contributed by atoms with E-state index in [4.69, 9.17) is 4.84 Å². The van der Waals surface area contributed by atoms with Crippen molar-refractivity contribution in [1.82, 2.24) is 21.0 Å². The topological polar surface area (TPSA) is 65.6 Å². The van der Waals surface area contributed by atoms with Gasteiger partial charge in [-0.1, -0.05) is 59.7 Å². The van der Waals surface area contributed by atoms with Crippen LogP contribution in [-0.4, -0.2) is 36.7 Å². The molecule has 2 aliphatic rings. The number of aryl methyl sites for hydroxylation is 2. The number of hydroxylamine groups is 1. The molecule has 172 valence electrons. The minimum atomic E-state index is -0.156. The molecule has 2 aliphatic heterocycles. The Hall–Kier alpha value is -2.25. The minimum Gasteiger partial charge on any atom is -0.356 e. The van der Waals surface area contributed by atoms with Gasteiger partial charge in [0.1, 0.15) is 12.4 Å². The van der Waals surface area contributed by atoms with Crippen LogP contribution in [0.5, 0.6) is 0 Å². The van der Waals surface area contributed by atoms with Crippen molar-refractivity contribution < 1.29 is 9.63 Å². The van der Waals surface area contributed by atoms with Crippen molar-refractivity contribution in [2.45, 2.75) is 58.5 Å². The van der Waals surface area contributed by atoms with E-state index < -0.39 is 0 Å². The van der Waals surface area contributed by atoms with Crippen LogP contribution in [0.1, 0.15) is 54.1 Å². The second-order valence-corrected chi connectivity index (χ2v) is 9.29. The number of nitrogens with one attached hydrogen (secondary N) is 3. The summed E-state index contributed by atoms with van der Waals surface area (Å²) in [6.45, 7) is 8.21. The Morgan fingerprint density at radius 1 is 1.09 bits per heavy atom. The number of nitrogens with zero attached hydrogens (tertiary/aromatic N) is 1. The zero-order valence-corrected chi connectivity index (χ0v) is 19.3. The molecule has 2 unspecified atom stereocenters. The molecule has 2 heterocycles. The molecule has 0 spiro atoms. The first-order valence-corrected chi connectivity index (χ1v) is 11.8. The van der Waals surface area contributed by atoms with Gasteiger partial charge < -0.3 is 5.32 Å². The second kappa shape index (κ2) is 11.1. The summed E-state index contributed by atoms with van der Waals surface area (Å²) in [5, 5.41) is 6.53. The van der Waals surface area contributed by atoms with Crippen LogP contribution >= 0.6 is 0 Å². The Morgan fingerprint density at radius 2 is 1.88 bits per heavy atom. The largest absolute Gasteiger partial charge is 0.356 e. The van der Waals surface area contributed by atoms with E-state index in [1.54, 1.807) is 0 Å². The summed E-state index contributed by atoms with van der Waals surface area (Å²) in [5.74, 6) is 0.678. The van der Waals surface area contributed by atoms with Crippen molar-refractivity contribution in [2.75, 3.05) is 19.6 Å². The number of carbonyl (C=O) groups is 1. The van der Waals surface area contributed by atoms with Gasteiger partial charge in [-0.25, -0.2) is 0 Å². The van der Waals surface area contributed by atoms with Crippen molar-refractivity contribution in [3.8, 4) is 0 Å². The number of hydrogen-bond acceptors (Lipinski definition) is 5. The first-order valence-electron chi connectivity index (χ1n) is 11.8. The number of amides is 1. The van der Waals surface area contributed by atoms with E-state index in [0.29, 0.717) is 18.8 Å². The van der Waals surface area contributed by atoms with E-state index in [-0.39, 0.29) is 18.3 Å². The lowest BCUT2D eigenvalue weighted by atomic mass is 9.96. The summed E-state index contributed by atoms with van der Waals surface area (Å²) in [7, 11) is 0. The van der Waals surface area contributed by atoms with Crippen molar-refractivity contribution in [3.05, 3.63) is 70.8 Å². The molecule has 0 radical (unpaired) electrons. The van der Waals surface area contributed by atoms with Crippen molar-refractivity contribution >= 4 is 5.91 Å². The lowest BCUT2D eigenvalue weighted by Gasteiger charge is -2.32. The monoisotopic (exact) mass is 436 g/mol. The van der Waals surface area contributed by atoms with Gasteiger partial charge in [-0.15, -0.1) is 0 Å². The zero-order valence-electron chi connectivity index (χ0n) is 19.3. The summed E-state index contributed by atoms with van der Waals surface area (Å²) in [6, 6.07) is 17.1. The highest BCUT2D eigenvalue weighted by Gasteiger charge is 2.26. The second-order valence-electron chi connectivity index (χ2n) is 9.29. The van der Waals surface area contributed by atoms with E-state index in [1.165, 1.54) is 16.7 Å². The molecule has 2 fully saturated rings. The third kappa shape index (κ3) is 6.62. The molecule has 0 saturated carbocycles. The molecule has 2 aromatic rings. The highest BCUT2D eigenvalue weighted by molar-refractivity contribution is 5.75. The molecule has 2 aromatic carbocycles. The van der Waals surface area contributed by atoms with E-state index in [9.17, 15) is 4.79 Å². The highest BCUT2D eigenvalue weighted by atomic mass is 16.7. The molecule has 2 atom stereocenters. The summed E-state index contributed by atoms with van der Waals surface area (Å²) >= 11 is 0. The van der Waals surface area contributed by atoms with Crippen LogP contribution < -0.4 is 16.1 Å². The maximum Gasteiger partial charge on any atom is 0.220 e. The van der Waals surface area contributed by atoms with Crippen LogP contribution in [0.25, 0.3) is 0 Å². The third-order valence-corrected chi connectivity index (χ3v) is 6.51. The van der Waals surface area contributed by atoms with Gasteiger partial charge in [0.25, 0.3) is 0 Å². The maximum absolute atomic E-state index is 12.3. The molecule has 0 aromatic heterocycles. The number of hydrogen-bond donors (Lipinski definition) is 3. The van der Waals surface area contributed by atoms with E-state index in [0.717, 1.165) is 44.6 Å². The Labute approximate surface area is 191 Å². The first kappa shape index (κ1) is 22.9. The van der Waals surface area contributed by atoms with Gasteiger partial charge in [-0.3, -0.25) is 19.8 Å². The number of piperidine rings is 1. The molecule has 3 N–H and O–H groups in total. The lowest BCUT2D eigenvalue weighted by molar-refractivity contribution is -0.122. The molecule has 6 heteroatoms. The van der Waals surface area contributed by atoms with Gasteiger partial charge in [0.05, 0.1) is 0 Å². The fourth-order valence-electron chi connectivity index (χ4n) is 4.50. The Kier molecular flexibility index (Phi) is 7.92. The van der Waals surface area contributed by atoms with Crippen molar-refractivity contribution in [3.63, 3.8) is 0 Å². The van der Waals surface area contributed by atoms with Crippen LogP contribution in [0.2, 0.25) is 0 Å². The summed E-state index contributed by atoms with van der Waals surface area (Å²) < 4.78 is 0. The van der Waals surface area contributed by atoms with Crippen LogP contribution in [0, 0.1) is 19.8 Å². The Bertz CT molecular complexity index is 878. The highest BCUT2D eigenvalue weighted by Crippen LogP contribution is 2.20. The number of rotatable bonds is 8. The standard InChI is InChI=1S/C26H36N4O2/c1-19-6-8-23(9-7-19)26-28-25(32-29-26)11-10-24(31)27-17-21-12-14-30(15-13-21)18-22-5-3-4-20(2)16-22/h3-9,16,21,25-26,28-29H,10-15,17-18H2,1-2H3,(H,27,31). The first-order chi connectivity index (χ1) is 15.5. The van der Waals surface area contributed by atoms with Gasteiger partial charge in [-0.05, 0) is 63.2 Å². The predicted octanol–water partition coefficient (Wildman–Crippen LogP) is 3.56. The Morgan fingerprint density at radius 3 is 2.62 bits per heavy atom. The predicted molar refractivity (Wildman–Crippen MR) is 126 cm³/mol. The van der Waals surface area contributed by atoms with Crippen LogP contribution in [-0.2, 0) is 16.2 Å². The van der Waals surface area contributed by atoms with Crippen molar-refractivity contribution in [2.24, 2.45) is 5.92 Å². The van der Waals surface area contributed by atoms with Gasteiger partial charge in [-0.2, -0.15) is 5.48 Å². The summed E-state index contributed by atoms with van der Waals surface area (Å²) in [4.78, 5) is 20.5. The van der Waals surface area contributed by atoms with Gasteiger partial charge in [0.15, 0.2) is 0 Å². The van der Waals surface area contributed by atoms with E-state index in [2.05, 4.69) is 83.4 Å². The van der Waals surface area contributed by atoms with Crippen LogP contribution in [0.3, 0.4) is 0 Å². The Balaban J connectivity index is 1.10. The summed E-state index contributed by atoms with van der Waals surface area (Å²) in [5.41, 5.74) is 8.10. The van der Waals surface area contributed by atoms with Gasteiger partial charge >= 0.3 is 0 Å². The number of carbonyl (C=O) groups excluding carboxylic acids is 1. The average molecular weight is 437 g/mol. The molecule has 1 amide bonds. The molecular formula is C26H36N4O2. The maximum atomic E-state index is 12.3. The molecule has 32 heavy (non-hydrogen) atoms. The molecule has 6 nitrogen and oxygen atoms in total. The third-order valence-electron chi connectivity index (χ3n) is 6.51. The molecule has 2 saturated heterocycles. The summed E-state index contributed by atoms with van der Waals surface area (Å²) in [6.07, 6.45) is 3.20. The van der Waals surface area contributed by atoms with Gasteiger partial charge in [0.2, 0.25) is 5.91 Å². The quantitative estimate of drug-likeness (QED) is 0.591. The fourth-order valence-corrected chi connectivity index (χ4v) is 4.50. The van der Waals surface area contributed by atoms with Crippen LogP contribution in [0.15, 0.2) is 48.5 Å². The van der Waals surface area contributed by atoms with E-state index in [1.807, 2.05) is 0 Å². The number of benzene rings is 2. The molecule has 0 aliphatic carbocycles. The zero-order chi connectivity index (χ0) is 22.3. The lowest BCUT2D eigenvalue weighted by Crippen LogP contribution is -2.38. The number of likely N-dealkylation sites (tertiary alicyclic amines) is 1. The fraction of sp³-hybridized carbons (Fsp3) is 0.500. The minimum absolute atomic E-state index is 0.0337. The molecule has 0 bridgehead atoms. The molecular weight excluding hydrogens is 400 g/mol. The molecule has 4 rings (SSSR count). The van der Waals surface area contributed by atoms with Crippen LogP contribution in [0.4, 0.5) is 0 Å².